The number of aromatic nitrogens is 3. The molecule has 3 aromatic rings. The van der Waals surface area contributed by atoms with Crippen LogP contribution in [0.2, 0.25) is 0 Å². The Morgan fingerprint density at radius 2 is 2.05 bits per heavy atom. The molecule has 2 heterocycles. The summed E-state index contributed by atoms with van der Waals surface area (Å²) in [4.78, 5) is 11.9. The van der Waals surface area contributed by atoms with Crippen LogP contribution in [0.4, 0.5) is 11.4 Å². The number of rotatable bonds is 3. The van der Waals surface area contributed by atoms with E-state index in [2.05, 4.69) is 10.4 Å². The molecule has 0 aliphatic heterocycles. The Labute approximate surface area is 127 Å². The van der Waals surface area contributed by atoms with Gasteiger partial charge in [-0.15, -0.1) is 0 Å². The van der Waals surface area contributed by atoms with Crippen molar-refractivity contribution in [1.82, 2.24) is 14.3 Å². The van der Waals surface area contributed by atoms with Crippen molar-refractivity contribution in [3.05, 3.63) is 52.1 Å². The van der Waals surface area contributed by atoms with Gasteiger partial charge in [0.2, 0.25) is 0 Å². The number of nitrogens with zero attached hydrogens (tertiary/aromatic N) is 3. The summed E-state index contributed by atoms with van der Waals surface area (Å²) in [5, 5.41) is 17.6. The van der Waals surface area contributed by atoms with Gasteiger partial charge < -0.3 is 15.0 Å². The van der Waals surface area contributed by atoms with Crippen molar-refractivity contribution in [2.24, 2.45) is 14.1 Å². The molecule has 0 radical (unpaired) electrons. The molecule has 0 fully saturated rings. The van der Waals surface area contributed by atoms with Gasteiger partial charge in [-0.1, -0.05) is 0 Å². The van der Waals surface area contributed by atoms with E-state index in [1.54, 1.807) is 20.2 Å². The Morgan fingerprint density at radius 3 is 2.77 bits per heavy atom. The Hall–Kier alpha value is -2.60. The minimum atomic E-state index is -0.117. The summed E-state index contributed by atoms with van der Waals surface area (Å²) >= 11 is 0. The number of aliphatic hydroxyl groups is 1. The van der Waals surface area contributed by atoms with E-state index in [-0.39, 0.29) is 12.2 Å². The van der Waals surface area contributed by atoms with Crippen LogP contribution in [0.1, 0.15) is 11.3 Å². The van der Waals surface area contributed by atoms with Crippen molar-refractivity contribution in [3.63, 3.8) is 0 Å². The van der Waals surface area contributed by atoms with E-state index in [1.807, 2.05) is 35.9 Å². The lowest BCUT2D eigenvalue weighted by Crippen LogP contribution is -2.22. The van der Waals surface area contributed by atoms with Crippen molar-refractivity contribution in [1.29, 1.82) is 0 Å². The fourth-order valence-corrected chi connectivity index (χ4v) is 2.57. The largest absolute Gasteiger partial charge is 0.390 e. The van der Waals surface area contributed by atoms with E-state index in [4.69, 9.17) is 0 Å². The van der Waals surface area contributed by atoms with Gasteiger partial charge in [0.05, 0.1) is 18.5 Å². The number of anilines is 2. The first kappa shape index (κ1) is 14.3. The minimum Gasteiger partial charge on any atom is -0.390 e. The summed E-state index contributed by atoms with van der Waals surface area (Å²) in [6, 6.07) is 7.88. The molecule has 6 nitrogen and oxygen atoms in total. The maximum atomic E-state index is 11.9. The van der Waals surface area contributed by atoms with Gasteiger partial charge in [0.25, 0.3) is 5.56 Å². The molecule has 0 amide bonds. The van der Waals surface area contributed by atoms with Crippen LogP contribution in [0.15, 0.2) is 35.3 Å². The first-order chi connectivity index (χ1) is 10.5. The van der Waals surface area contributed by atoms with E-state index in [9.17, 15) is 9.90 Å². The predicted molar refractivity (Wildman–Crippen MR) is 86.3 cm³/mol. The molecule has 0 aliphatic rings. The van der Waals surface area contributed by atoms with Gasteiger partial charge in [-0.3, -0.25) is 4.79 Å². The van der Waals surface area contributed by atoms with Crippen LogP contribution in [-0.2, 0) is 20.7 Å². The molecule has 2 aromatic heterocycles. The topological polar surface area (TPSA) is 72.1 Å². The highest BCUT2D eigenvalue weighted by atomic mass is 16.3. The van der Waals surface area contributed by atoms with E-state index < -0.39 is 0 Å². The zero-order valence-electron chi connectivity index (χ0n) is 12.8. The second kappa shape index (κ2) is 5.31. The average Bonchev–Trinajstić information content (AvgIpc) is 2.84. The zero-order valence-corrected chi connectivity index (χ0v) is 12.8. The van der Waals surface area contributed by atoms with Crippen molar-refractivity contribution in [2.75, 3.05) is 5.32 Å². The third-order valence-electron chi connectivity index (χ3n) is 3.96. The minimum absolute atomic E-state index is 0.00565. The van der Waals surface area contributed by atoms with Crippen molar-refractivity contribution in [2.45, 2.75) is 13.5 Å². The zero-order chi connectivity index (χ0) is 15.9. The molecule has 0 saturated carbocycles. The molecule has 0 bridgehead atoms. The average molecular weight is 298 g/mol. The van der Waals surface area contributed by atoms with E-state index >= 15 is 0 Å². The van der Waals surface area contributed by atoms with E-state index in [0.29, 0.717) is 11.3 Å². The van der Waals surface area contributed by atoms with Gasteiger partial charge in [0.15, 0.2) is 0 Å². The number of nitrogens with one attached hydrogen (secondary N) is 1. The molecular formula is C16H18N4O2. The molecule has 0 spiro atoms. The molecule has 0 atom stereocenters. The van der Waals surface area contributed by atoms with Gasteiger partial charge >= 0.3 is 0 Å². The molecule has 0 aliphatic carbocycles. The molecular weight excluding hydrogens is 280 g/mol. The molecule has 0 saturated heterocycles. The number of benzene rings is 1. The fraction of sp³-hybridized carbons (Fsp3) is 0.250. The van der Waals surface area contributed by atoms with Gasteiger partial charge in [0.1, 0.15) is 0 Å². The van der Waals surface area contributed by atoms with Gasteiger partial charge in [-0.2, -0.15) is 5.10 Å². The lowest BCUT2D eigenvalue weighted by Gasteiger charge is -2.10. The van der Waals surface area contributed by atoms with Crippen LogP contribution in [0.25, 0.3) is 10.9 Å². The highest BCUT2D eigenvalue weighted by Crippen LogP contribution is 2.25. The van der Waals surface area contributed by atoms with Gasteiger partial charge in [0, 0.05) is 41.9 Å². The number of aliphatic hydroxyl groups excluding tert-OH is 1. The first-order valence-corrected chi connectivity index (χ1v) is 7.00. The molecule has 0 unspecified atom stereocenters. The molecule has 6 heteroatoms. The second-order valence-electron chi connectivity index (χ2n) is 5.36. The SMILES string of the molecule is Cc1c(Nc2ccc3c(c2)cc(CO)n3C)cnn(C)c1=O. The van der Waals surface area contributed by atoms with Crippen molar-refractivity contribution >= 4 is 22.3 Å². The van der Waals surface area contributed by atoms with Crippen molar-refractivity contribution < 1.29 is 5.11 Å². The normalized spacial score (nSPS) is 11.1. The number of hydrogen-bond donors (Lipinski definition) is 2. The predicted octanol–water partition coefficient (Wildman–Crippen LogP) is 1.82. The maximum absolute atomic E-state index is 11.9. The Bertz CT molecular complexity index is 908. The van der Waals surface area contributed by atoms with Gasteiger partial charge in [-0.05, 0) is 31.2 Å². The summed E-state index contributed by atoms with van der Waals surface area (Å²) in [6.07, 6.45) is 1.64. The molecule has 1 aromatic carbocycles. The van der Waals surface area contributed by atoms with Crippen LogP contribution in [0.3, 0.4) is 0 Å². The summed E-state index contributed by atoms with van der Waals surface area (Å²) in [5.41, 5.74) is 3.99. The van der Waals surface area contributed by atoms with Crippen molar-refractivity contribution in [3.8, 4) is 0 Å². The Balaban J connectivity index is 2.01. The molecule has 22 heavy (non-hydrogen) atoms. The quantitative estimate of drug-likeness (QED) is 0.773. The summed E-state index contributed by atoms with van der Waals surface area (Å²) in [6.45, 7) is 1.78. The summed E-state index contributed by atoms with van der Waals surface area (Å²) in [7, 11) is 3.56. The third-order valence-corrected chi connectivity index (χ3v) is 3.96. The summed E-state index contributed by atoms with van der Waals surface area (Å²) in [5.74, 6) is 0. The van der Waals surface area contributed by atoms with E-state index in [0.717, 1.165) is 22.3 Å². The number of fused-ring (bicyclic) bond motifs is 1. The third kappa shape index (κ3) is 2.27. The van der Waals surface area contributed by atoms with Crippen LogP contribution in [0, 0.1) is 6.92 Å². The first-order valence-electron chi connectivity index (χ1n) is 7.00. The fourth-order valence-electron chi connectivity index (χ4n) is 2.57. The lowest BCUT2D eigenvalue weighted by atomic mass is 10.2. The Morgan fingerprint density at radius 1 is 1.27 bits per heavy atom. The number of aryl methyl sites for hydroxylation is 2. The molecule has 3 rings (SSSR count). The summed E-state index contributed by atoms with van der Waals surface area (Å²) < 4.78 is 3.28. The monoisotopic (exact) mass is 298 g/mol. The molecule has 2 N–H and O–H groups in total. The second-order valence-corrected chi connectivity index (χ2v) is 5.36. The van der Waals surface area contributed by atoms with Gasteiger partial charge in [-0.25, -0.2) is 4.68 Å². The Kier molecular flexibility index (Phi) is 3.46. The highest BCUT2D eigenvalue weighted by molar-refractivity contribution is 5.85. The van der Waals surface area contributed by atoms with Crippen LogP contribution < -0.4 is 10.9 Å². The highest BCUT2D eigenvalue weighted by Gasteiger charge is 2.08. The molecule has 114 valence electrons. The van der Waals surface area contributed by atoms with Crippen LogP contribution in [-0.4, -0.2) is 19.5 Å². The lowest BCUT2D eigenvalue weighted by molar-refractivity contribution is 0.273. The maximum Gasteiger partial charge on any atom is 0.271 e. The van der Waals surface area contributed by atoms with E-state index in [1.165, 1.54) is 4.68 Å². The smallest absolute Gasteiger partial charge is 0.271 e. The number of hydrogen-bond acceptors (Lipinski definition) is 4. The standard InChI is InChI=1S/C16H18N4O2/c1-10-14(8-17-20(3)16(10)22)18-12-4-5-15-11(6-12)7-13(9-21)19(15)2/h4-8,18,21H,9H2,1-3H3. The van der Waals surface area contributed by atoms with Crippen LogP contribution >= 0.6 is 0 Å². The van der Waals surface area contributed by atoms with Crippen LogP contribution in [0.5, 0.6) is 0 Å².